The van der Waals surface area contributed by atoms with Crippen molar-refractivity contribution in [2.24, 2.45) is 0 Å². The number of carbonyl (C=O) groups excluding carboxylic acids is 5. The fraction of sp³-hybridized carbons (Fsp3) is 0.227. The lowest BCUT2D eigenvalue weighted by Crippen LogP contribution is -2.52. The normalized spacial score (nSPS) is 17.8. The number of nitrogens with zero attached hydrogens (tertiary/aromatic N) is 1. The second-order valence-corrected chi connectivity index (χ2v) is 8.30. The highest BCUT2D eigenvalue weighted by Crippen LogP contribution is 2.30. The van der Waals surface area contributed by atoms with Gasteiger partial charge in [-0.05, 0) is 41.8 Å². The van der Waals surface area contributed by atoms with Crippen LogP contribution in [0.25, 0.3) is 0 Å². The molecule has 1 unspecified atom stereocenters. The standard InChI is InChI=1S/C22H17Cl2N3O5/c23-15-5-4-11(8-16(15)24)19(29)21(31)25-9-12-2-1-3-13-14(12)10-27(22(13)32)17-6-7-18(28)26-20(17)30/h1-5,8,17H,6-7,9-10H2,(H,25,31)(H,26,28,30). The van der Waals surface area contributed by atoms with Gasteiger partial charge in [0.25, 0.3) is 11.8 Å². The van der Waals surface area contributed by atoms with Crippen LogP contribution in [0.1, 0.15) is 44.7 Å². The Kier molecular flexibility index (Phi) is 5.99. The number of ketones is 1. The SMILES string of the molecule is O=C1CCC(N2Cc3c(CNC(=O)C(=O)c4ccc(Cl)c(Cl)c4)cccc3C2=O)C(=O)N1. The predicted octanol–water partition coefficient (Wildman–Crippen LogP) is 2.25. The molecule has 10 heteroatoms. The van der Waals surface area contributed by atoms with Crippen molar-refractivity contribution >= 4 is 52.6 Å². The minimum atomic E-state index is -0.827. The summed E-state index contributed by atoms with van der Waals surface area (Å²) in [7, 11) is 0. The van der Waals surface area contributed by atoms with Crippen LogP contribution < -0.4 is 10.6 Å². The van der Waals surface area contributed by atoms with E-state index >= 15 is 0 Å². The quantitative estimate of drug-likeness (QED) is 0.392. The van der Waals surface area contributed by atoms with E-state index < -0.39 is 23.6 Å². The first-order valence-electron chi connectivity index (χ1n) is 9.79. The lowest BCUT2D eigenvalue weighted by atomic mass is 10.0. The van der Waals surface area contributed by atoms with Gasteiger partial charge in [0.2, 0.25) is 17.6 Å². The maximum atomic E-state index is 12.9. The van der Waals surface area contributed by atoms with E-state index in [9.17, 15) is 24.0 Å². The number of carbonyl (C=O) groups is 5. The van der Waals surface area contributed by atoms with Crippen LogP contribution in [0.2, 0.25) is 10.0 Å². The van der Waals surface area contributed by atoms with Crippen molar-refractivity contribution in [2.45, 2.75) is 32.0 Å². The second kappa shape index (κ2) is 8.72. The van der Waals surface area contributed by atoms with Gasteiger partial charge >= 0.3 is 0 Å². The number of piperidine rings is 1. The third-order valence-corrected chi connectivity index (χ3v) is 6.25. The number of amides is 4. The van der Waals surface area contributed by atoms with Crippen LogP contribution in [0.4, 0.5) is 0 Å². The molecule has 8 nitrogen and oxygen atoms in total. The summed E-state index contributed by atoms with van der Waals surface area (Å²) in [6.45, 7) is 0.193. The molecule has 1 saturated heterocycles. The zero-order valence-corrected chi connectivity index (χ0v) is 18.1. The summed E-state index contributed by atoms with van der Waals surface area (Å²) >= 11 is 11.7. The molecular formula is C22H17Cl2N3O5. The van der Waals surface area contributed by atoms with Crippen LogP contribution in [0.3, 0.4) is 0 Å². The smallest absolute Gasteiger partial charge is 0.292 e. The second-order valence-electron chi connectivity index (χ2n) is 7.48. The van der Waals surface area contributed by atoms with Gasteiger partial charge in [-0.15, -0.1) is 0 Å². The van der Waals surface area contributed by atoms with Crippen molar-refractivity contribution in [3.63, 3.8) is 0 Å². The molecule has 0 saturated carbocycles. The van der Waals surface area contributed by atoms with Gasteiger partial charge in [0.1, 0.15) is 6.04 Å². The number of hydrogen-bond acceptors (Lipinski definition) is 5. The van der Waals surface area contributed by atoms with Crippen LogP contribution in [0.5, 0.6) is 0 Å². The molecule has 2 heterocycles. The summed E-state index contributed by atoms with van der Waals surface area (Å²) in [6, 6.07) is 8.50. The van der Waals surface area contributed by atoms with Gasteiger partial charge in [0.15, 0.2) is 0 Å². The molecule has 2 aromatic carbocycles. The fourth-order valence-corrected chi connectivity index (χ4v) is 4.14. The minimum Gasteiger partial charge on any atom is -0.345 e. The molecule has 164 valence electrons. The highest BCUT2D eigenvalue weighted by Gasteiger charge is 2.39. The van der Waals surface area contributed by atoms with E-state index in [1.165, 1.54) is 23.1 Å². The zero-order valence-electron chi connectivity index (χ0n) is 16.6. The molecule has 0 radical (unpaired) electrons. The zero-order chi connectivity index (χ0) is 23.0. The number of rotatable bonds is 5. The average molecular weight is 474 g/mol. The lowest BCUT2D eigenvalue weighted by molar-refractivity contribution is -0.136. The van der Waals surface area contributed by atoms with Crippen LogP contribution in [-0.4, -0.2) is 40.4 Å². The summed E-state index contributed by atoms with van der Waals surface area (Å²) < 4.78 is 0. The van der Waals surface area contributed by atoms with Gasteiger partial charge < -0.3 is 10.2 Å². The third-order valence-electron chi connectivity index (χ3n) is 5.51. The number of hydrogen-bond donors (Lipinski definition) is 2. The molecule has 4 amide bonds. The Balaban J connectivity index is 1.47. The molecule has 2 aliphatic heterocycles. The van der Waals surface area contributed by atoms with Crippen molar-refractivity contribution in [3.8, 4) is 0 Å². The van der Waals surface area contributed by atoms with Crippen molar-refractivity contribution < 1.29 is 24.0 Å². The first kappa shape index (κ1) is 22.0. The summed E-state index contributed by atoms with van der Waals surface area (Å²) in [6.07, 6.45) is 0.422. The van der Waals surface area contributed by atoms with E-state index in [1.807, 2.05) is 0 Å². The Hall–Kier alpha value is -3.23. The van der Waals surface area contributed by atoms with Crippen LogP contribution in [0.15, 0.2) is 36.4 Å². The van der Waals surface area contributed by atoms with Gasteiger partial charge in [-0.25, -0.2) is 0 Å². The van der Waals surface area contributed by atoms with Gasteiger partial charge in [-0.1, -0.05) is 35.3 Å². The van der Waals surface area contributed by atoms with Gasteiger partial charge in [0, 0.05) is 30.6 Å². The summed E-state index contributed by atoms with van der Waals surface area (Å²) in [5, 5.41) is 5.26. The lowest BCUT2D eigenvalue weighted by Gasteiger charge is -2.29. The fourth-order valence-electron chi connectivity index (χ4n) is 3.84. The molecule has 4 rings (SSSR count). The number of imide groups is 1. The molecule has 32 heavy (non-hydrogen) atoms. The Morgan fingerprint density at radius 3 is 2.59 bits per heavy atom. The Bertz CT molecular complexity index is 1180. The Labute approximate surface area is 192 Å². The predicted molar refractivity (Wildman–Crippen MR) is 115 cm³/mol. The molecular weight excluding hydrogens is 457 g/mol. The van der Waals surface area contributed by atoms with E-state index in [1.54, 1.807) is 18.2 Å². The van der Waals surface area contributed by atoms with E-state index in [-0.39, 0.29) is 53.4 Å². The van der Waals surface area contributed by atoms with Crippen LogP contribution in [-0.2, 0) is 27.5 Å². The van der Waals surface area contributed by atoms with Crippen molar-refractivity contribution in [3.05, 3.63) is 68.7 Å². The number of Topliss-reactive ketones (excluding diaryl/α,β-unsaturated/α-hetero) is 1. The molecule has 1 fully saturated rings. The van der Waals surface area contributed by atoms with Gasteiger partial charge in [-0.2, -0.15) is 0 Å². The number of halogens is 2. The first-order chi connectivity index (χ1) is 15.3. The van der Waals surface area contributed by atoms with E-state index in [0.29, 0.717) is 16.7 Å². The van der Waals surface area contributed by atoms with E-state index in [0.717, 1.165) is 0 Å². The van der Waals surface area contributed by atoms with Crippen molar-refractivity contribution in [1.29, 1.82) is 0 Å². The number of benzene rings is 2. The summed E-state index contributed by atoms with van der Waals surface area (Å²) in [5.74, 6) is -2.76. The molecule has 0 spiro atoms. The monoisotopic (exact) mass is 473 g/mol. The highest BCUT2D eigenvalue weighted by molar-refractivity contribution is 6.45. The van der Waals surface area contributed by atoms with Gasteiger partial charge in [0.05, 0.1) is 10.0 Å². The molecule has 0 bridgehead atoms. The molecule has 0 aliphatic carbocycles. The van der Waals surface area contributed by atoms with Crippen LogP contribution >= 0.6 is 23.2 Å². The Morgan fingerprint density at radius 2 is 1.88 bits per heavy atom. The van der Waals surface area contributed by atoms with Crippen molar-refractivity contribution in [2.75, 3.05) is 0 Å². The maximum Gasteiger partial charge on any atom is 0.292 e. The average Bonchev–Trinajstić information content (AvgIpc) is 3.10. The third kappa shape index (κ3) is 4.11. The molecule has 2 aliphatic rings. The Morgan fingerprint density at radius 1 is 1.09 bits per heavy atom. The first-order valence-corrected chi connectivity index (χ1v) is 10.5. The topological polar surface area (TPSA) is 113 Å². The minimum absolute atomic E-state index is 0.0194. The van der Waals surface area contributed by atoms with Crippen molar-refractivity contribution in [1.82, 2.24) is 15.5 Å². The largest absolute Gasteiger partial charge is 0.345 e. The number of fused-ring (bicyclic) bond motifs is 1. The van der Waals surface area contributed by atoms with E-state index in [2.05, 4.69) is 10.6 Å². The molecule has 0 aromatic heterocycles. The summed E-state index contributed by atoms with van der Waals surface area (Å²) in [5.41, 5.74) is 1.86. The maximum absolute atomic E-state index is 12.9. The molecule has 2 N–H and O–H groups in total. The van der Waals surface area contributed by atoms with E-state index in [4.69, 9.17) is 23.2 Å². The summed E-state index contributed by atoms with van der Waals surface area (Å²) in [4.78, 5) is 62.7. The number of nitrogens with one attached hydrogen (secondary N) is 2. The highest BCUT2D eigenvalue weighted by atomic mass is 35.5. The van der Waals surface area contributed by atoms with Gasteiger partial charge in [-0.3, -0.25) is 29.3 Å². The van der Waals surface area contributed by atoms with Crippen LogP contribution in [0, 0.1) is 0 Å². The molecule has 2 aromatic rings. The molecule has 1 atom stereocenters.